The van der Waals surface area contributed by atoms with E-state index in [-0.39, 0.29) is 49.7 Å². The summed E-state index contributed by atoms with van der Waals surface area (Å²) < 4.78 is 88.8. The van der Waals surface area contributed by atoms with Crippen LogP contribution in [0.5, 0.6) is 17.2 Å². The predicted molar refractivity (Wildman–Crippen MR) is 279 cm³/mol. The van der Waals surface area contributed by atoms with Gasteiger partial charge in [-0.2, -0.15) is 13.2 Å². The second kappa shape index (κ2) is 22.8. The number of anilines is 1. The summed E-state index contributed by atoms with van der Waals surface area (Å²) in [6.45, 7) is 6.20. The van der Waals surface area contributed by atoms with Gasteiger partial charge in [-0.1, -0.05) is 69.3 Å². The van der Waals surface area contributed by atoms with E-state index in [1.54, 1.807) is 53.2 Å². The third-order valence-electron chi connectivity index (χ3n) is 13.7. The number of carbonyl (C=O) groups excluding carboxylic acids is 3. The Labute approximate surface area is 438 Å². The number of likely N-dealkylation sites (tertiary alicyclic amines) is 1. The fourth-order valence-corrected chi connectivity index (χ4v) is 12.7. The number of hydrogen-bond donors (Lipinski definition) is 4. The lowest BCUT2D eigenvalue weighted by Crippen LogP contribution is -2.57. The molecular weight excluding hydrogens is 1010 g/mol. The van der Waals surface area contributed by atoms with E-state index in [1.165, 1.54) is 48.4 Å². The molecule has 4 aromatic carbocycles. The molecule has 4 heterocycles. The highest BCUT2D eigenvalue weighted by atomic mass is 32.2. The number of halogens is 3. The molecule has 6 atom stereocenters. The molecule has 75 heavy (non-hydrogen) atoms. The summed E-state index contributed by atoms with van der Waals surface area (Å²) in [6.07, 6.45) is -5.81. The quantitative estimate of drug-likeness (QED) is 0.0546. The first-order valence-electron chi connectivity index (χ1n) is 24.8. The second-order valence-electron chi connectivity index (χ2n) is 20.2. The van der Waals surface area contributed by atoms with Gasteiger partial charge < -0.3 is 40.0 Å². The third-order valence-corrected chi connectivity index (χ3v) is 16.9. The van der Waals surface area contributed by atoms with Crippen LogP contribution >= 0.6 is 11.3 Å². The summed E-state index contributed by atoms with van der Waals surface area (Å²) in [6, 6.07) is 24.6. The second-order valence-corrected chi connectivity index (χ2v) is 23.1. The molecule has 0 saturated carbocycles. The summed E-state index contributed by atoms with van der Waals surface area (Å²) in [5.74, 6) is -0.285. The highest BCUT2D eigenvalue weighted by Crippen LogP contribution is 2.52. The number of benzene rings is 4. The highest BCUT2D eigenvalue weighted by Gasteiger charge is 2.55. The van der Waals surface area contributed by atoms with Gasteiger partial charge in [0.1, 0.15) is 47.2 Å². The van der Waals surface area contributed by atoms with E-state index < -0.39 is 75.6 Å². The van der Waals surface area contributed by atoms with Crippen molar-refractivity contribution >= 4 is 55.9 Å². The largest absolute Gasteiger partial charge is 0.508 e. The average Bonchev–Trinajstić information content (AvgIpc) is 4.19. The number of phenols is 1. The fraction of sp³-hybridized carbons (Fsp3) is 0.418. The molecule has 5 aromatic rings. The van der Waals surface area contributed by atoms with Crippen LogP contribution in [0.1, 0.15) is 81.7 Å². The molecule has 0 radical (unpaired) electrons. The number of thiazole rings is 1. The van der Waals surface area contributed by atoms with Crippen LogP contribution in [0.2, 0.25) is 0 Å². The normalized spacial score (nSPS) is 20.0. The Bertz CT molecular complexity index is 2960. The van der Waals surface area contributed by atoms with Crippen molar-refractivity contribution < 1.29 is 60.4 Å². The van der Waals surface area contributed by atoms with E-state index in [0.717, 1.165) is 21.7 Å². The lowest BCUT2D eigenvalue weighted by molar-refractivity contribution is -0.144. The van der Waals surface area contributed by atoms with Crippen molar-refractivity contribution in [1.29, 1.82) is 0 Å². The Hall–Kier alpha value is -6.48. The number of carbonyl (C=O) groups is 3. The maximum Gasteiger partial charge on any atom is 0.407 e. The van der Waals surface area contributed by atoms with E-state index in [9.17, 15) is 46.2 Å². The predicted octanol–water partition coefficient (Wildman–Crippen LogP) is 8.43. The van der Waals surface area contributed by atoms with Crippen molar-refractivity contribution in [3.8, 4) is 27.7 Å². The van der Waals surface area contributed by atoms with E-state index in [4.69, 9.17) is 14.2 Å². The van der Waals surface area contributed by atoms with Gasteiger partial charge in [0.25, 0.3) is 0 Å². The summed E-state index contributed by atoms with van der Waals surface area (Å²) in [4.78, 5) is 47.7. The van der Waals surface area contributed by atoms with Crippen LogP contribution in [0, 0.1) is 12.3 Å². The monoisotopic (exact) mass is 1070 g/mol. The number of sulfonamides is 1. The lowest BCUT2D eigenvalue weighted by atomic mass is 9.83. The molecule has 2 saturated heterocycles. The number of nitrogens with one attached hydrogen (secondary N) is 2. The van der Waals surface area contributed by atoms with Crippen LogP contribution in [0.15, 0.2) is 103 Å². The first-order valence-corrected chi connectivity index (χ1v) is 27.2. The number of rotatable bonds is 20. The minimum atomic E-state index is -4.85. The van der Waals surface area contributed by atoms with Gasteiger partial charge in [-0.3, -0.25) is 18.7 Å². The molecule has 2 bridgehead atoms. The van der Waals surface area contributed by atoms with Gasteiger partial charge in [0, 0.05) is 25.9 Å². The molecule has 3 aliphatic rings. The minimum Gasteiger partial charge on any atom is -0.508 e. The number of aromatic nitrogens is 1. The number of methoxy groups -OCH3 is 1. The summed E-state index contributed by atoms with van der Waals surface area (Å²) in [7, 11) is -3.29. The number of aromatic hydroxyl groups is 1. The number of phenolic OH excluding ortho intramolecular Hbond substituents is 1. The number of unbranched alkanes of at least 4 members (excludes halogenated alkanes) is 2. The summed E-state index contributed by atoms with van der Waals surface area (Å²) in [5.41, 5.74) is 6.19. The Morgan fingerprint density at radius 1 is 0.880 bits per heavy atom. The number of fused-ring (bicyclic) bond motifs is 2. The SMILES string of the molecule is COc1ccc(N(CC(F)(F)F)S(=O)(=O)C2CC3OC2C(c2ccc(OCCCCCC(=O)N[C@H](C(=O)N4C[C@H](O)C[C@H]4C(=O)NCc4ccc(-c5scnc5C)cc4)C(C)(C)C)cc2)=C3c2ccc(O)cc2)cc1. The standard InChI is InChI=1S/C55H62F3N5O10S2/c1-33-50(74-32-60-33)37-12-10-34(11-13-37)29-59-52(67)43-27-40(65)30-62(43)53(68)51(54(2,3)4)61-46(66)9-7-6-8-26-72-42-22-16-36(17-23-42)48-47(35-14-20-39(64)21-15-35)44-28-45(49(48)73-44)75(69,70)63(31-55(56,57)58)38-18-24-41(71-5)25-19-38/h10-25,32,40,43-45,49,51,64-65H,6-9,26-31H2,1-5H3,(H,59,67)(H,61,66)/t40-,43+,44?,45?,49?,51-/m1/s1. The van der Waals surface area contributed by atoms with Gasteiger partial charge in [-0.15, -0.1) is 11.3 Å². The molecule has 3 unspecified atom stereocenters. The highest BCUT2D eigenvalue weighted by molar-refractivity contribution is 7.93. The van der Waals surface area contributed by atoms with Crippen LogP contribution in [0.3, 0.4) is 0 Å². The van der Waals surface area contributed by atoms with Crippen molar-refractivity contribution in [2.45, 2.75) is 115 Å². The van der Waals surface area contributed by atoms with Gasteiger partial charge in [0.2, 0.25) is 27.7 Å². The zero-order valence-corrected chi connectivity index (χ0v) is 43.9. The topological polar surface area (TPSA) is 197 Å². The number of alkyl halides is 3. The molecule has 0 spiro atoms. The van der Waals surface area contributed by atoms with Crippen LogP contribution in [-0.2, 0) is 35.7 Å². The molecule has 3 aliphatic heterocycles. The Morgan fingerprint density at radius 2 is 1.52 bits per heavy atom. The van der Waals surface area contributed by atoms with E-state index in [1.807, 2.05) is 52.0 Å². The zero-order chi connectivity index (χ0) is 53.8. The van der Waals surface area contributed by atoms with Gasteiger partial charge in [-0.25, -0.2) is 13.4 Å². The molecule has 0 aliphatic carbocycles. The first kappa shape index (κ1) is 54.8. The molecule has 4 N–H and O–H groups in total. The summed E-state index contributed by atoms with van der Waals surface area (Å²) >= 11 is 1.56. The number of β-amino-alcohol motifs (C(OH)–C–C–N with tert-alkyl or cyclic N) is 1. The zero-order valence-electron chi connectivity index (χ0n) is 42.3. The van der Waals surface area contributed by atoms with E-state index in [2.05, 4.69) is 15.6 Å². The van der Waals surface area contributed by atoms with Gasteiger partial charge in [0.05, 0.1) is 47.7 Å². The molecule has 8 rings (SSSR count). The molecule has 400 valence electrons. The fourth-order valence-electron chi connectivity index (χ4n) is 9.90. The molecule has 15 nitrogen and oxygen atoms in total. The number of aliphatic hydroxyl groups is 1. The average molecular weight is 1070 g/mol. The third kappa shape index (κ3) is 12.8. The first-order chi connectivity index (χ1) is 35.6. The molecular formula is C55H62F3N5O10S2. The molecule has 3 amide bonds. The maximum absolute atomic E-state index is 14.4. The number of aryl methyl sites for hydroxylation is 1. The van der Waals surface area contributed by atoms with Crippen LogP contribution < -0.4 is 24.4 Å². The van der Waals surface area contributed by atoms with E-state index in [0.29, 0.717) is 63.9 Å². The minimum absolute atomic E-state index is 0.0215. The Kier molecular flexibility index (Phi) is 16.6. The number of nitrogens with zero attached hydrogens (tertiary/aromatic N) is 3. The van der Waals surface area contributed by atoms with Gasteiger partial charge in [0.15, 0.2) is 0 Å². The number of amides is 3. The molecule has 1 aromatic heterocycles. The van der Waals surface area contributed by atoms with Crippen LogP contribution in [0.4, 0.5) is 18.9 Å². The Balaban J connectivity index is 0.851. The van der Waals surface area contributed by atoms with Gasteiger partial charge in [-0.05, 0) is 120 Å². The van der Waals surface area contributed by atoms with Gasteiger partial charge >= 0.3 is 6.18 Å². The molecule has 2 fully saturated rings. The maximum atomic E-state index is 14.4. The van der Waals surface area contributed by atoms with Crippen LogP contribution in [-0.4, -0.2) is 115 Å². The number of ether oxygens (including phenoxy) is 3. The van der Waals surface area contributed by atoms with Crippen molar-refractivity contribution in [3.05, 3.63) is 125 Å². The van der Waals surface area contributed by atoms with Crippen molar-refractivity contribution in [2.75, 3.05) is 31.1 Å². The van der Waals surface area contributed by atoms with Crippen LogP contribution in [0.25, 0.3) is 21.6 Å². The number of aliphatic hydroxyl groups excluding tert-OH is 1. The Morgan fingerprint density at radius 3 is 2.15 bits per heavy atom. The summed E-state index contributed by atoms with van der Waals surface area (Å²) in [5, 5.41) is 25.1. The van der Waals surface area contributed by atoms with Crippen molar-refractivity contribution in [2.24, 2.45) is 5.41 Å². The van der Waals surface area contributed by atoms with Crippen molar-refractivity contribution in [3.63, 3.8) is 0 Å². The molecule has 20 heteroatoms. The number of hydrogen-bond acceptors (Lipinski definition) is 12. The lowest BCUT2D eigenvalue weighted by Gasteiger charge is -2.35. The van der Waals surface area contributed by atoms with Crippen molar-refractivity contribution in [1.82, 2.24) is 20.5 Å². The smallest absolute Gasteiger partial charge is 0.407 e. The van der Waals surface area contributed by atoms with E-state index >= 15 is 0 Å².